The zero-order chi connectivity index (χ0) is 16.2. The Morgan fingerprint density at radius 2 is 2.17 bits per heavy atom. The molecule has 0 aliphatic carbocycles. The second-order valence-corrected chi connectivity index (χ2v) is 5.56. The fraction of sp³-hybridized carbons (Fsp3) is 0.438. The molecule has 23 heavy (non-hydrogen) atoms. The van der Waals surface area contributed by atoms with Gasteiger partial charge in [0.1, 0.15) is 11.8 Å². The quantitative estimate of drug-likeness (QED) is 0.904. The van der Waals surface area contributed by atoms with E-state index in [1.807, 2.05) is 29.2 Å². The van der Waals surface area contributed by atoms with Gasteiger partial charge >= 0.3 is 5.97 Å². The molecule has 3 rings (SSSR count). The molecule has 2 heterocycles. The number of carboxylic acids is 1. The Bertz CT molecular complexity index is 668. The smallest absolute Gasteiger partial charge is 0.320 e. The van der Waals surface area contributed by atoms with Crippen molar-refractivity contribution >= 4 is 5.97 Å². The molecule has 122 valence electrons. The van der Waals surface area contributed by atoms with Gasteiger partial charge in [0, 0.05) is 5.56 Å². The number of methoxy groups -OCH3 is 1. The van der Waals surface area contributed by atoms with E-state index in [-0.39, 0.29) is 0 Å². The number of ether oxygens (including phenoxy) is 1. The van der Waals surface area contributed by atoms with Crippen LogP contribution in [-0.4, -0.2) is 45.8 Å². The molecule has 1 atom stereocenters. The van der Waals surface area contributed by atoms with Crippen molar-refractivity contribution in [3.05, 3.63) is 30.2 Å². The fourth-order valence-electron chi connectivity index (χ4n) is 2.81. The minimum atomic E-state index is -0.792. The second kappa shape index (κ2) is 6.78. The van der Waals surface area contributed by atoms with Crippen molar-refractivity contribution in [3.63, 3.8) is 0 Å². The summed E-state index contributed by atoms with van der Waals surface area (Å²) in [5.41, 5.74) is 0.828. The van der Waals surface area contributed by atoms with E-state index in [1.165, 1.54) is 0 Å². The van der Waals surface area contributed by atoms with Gasteiger partial charge in [0.25, 0.3) is 0 Å². The number of hydrogen-bond acceptors (Lipinski definition) is 6. The van der Waals surface area contributed by atoms with Crippen molar-refractivity contribution in [2.24, 2.45) is 0 Å². The van der Waals surface area contributed by atoms with Gasteiger partial charge in [0.15, 0.2) is 0 Å². The Morgan fingerprint density at radius 3 is 2.87 bits per heavy atom. The van der Waals surface area contributed by atoms with Gasteiger partial charge in [0.2, 0.25) is 11.7 Å². The van der Waals surface area contributed by atoms with Crippen LogP contribution in [0.3, 0.4) is 0 Å². The SMILES string of the molecule is COc1ccc(-c2noc(CN3CCCCC3C(=O)O)n2)cc1. The molecule has 0 bridgehead atoms. The highest BCUT2D eigenvalue weighted by Crippen LogP contribution is 2.22. The van der Waals surface area contributed by atoms with Crippen molar-refractivity contribution < 1.29 is 19.2 Å². The number of piperidine rings is 1. The zero-order valence-electron chi connectivity index (χ0n) is 12.9. The summed E-state index contributed by atoms with van der Waals surface area (Å²) in [5.74, 6) is 0.894. The monoisotopic (exact) mass is 317 g/mol. The van der Waals surface area contributed by atoms with Gasteiger partial charge in [0.05, 0.1) is 13.7 Å². The number of aromatic nitrogens is 2. The average Bonchev–Trinajstić information content (AvgIpc) is 3.04. The third-order valence-electron chi connectivity index (χ3n) is 4.05. The molecule has 1 N–H and O–H groups in total. The number of likely N-dealkylation sites (tertiary alicyclic amines) is 1. The summed E-state index contributed by atoms with van der Waals surface area (Å²) in [6, 6.07) is 6.90. The number of aliphatic carboxylic acids is 1. The number of carbonyl (C=O) groups is 1. The van der Waals surface area contributed by atoms with Crippen molar-refractivity contribution in [2.45, 2.75) is 31.8 Å². The van der Waals surface area contributed by atoms with Crippen molar-refractivity contribution in [3.8, 4) is 17.1 Å². The van der Waals surface area contributed by atoms with E-state index in [9.17, 15) is 9.90 Å². The highest BCUT2D eigenvalue weighted by atomic mass is 16.5. The topological polar surface area (TPSA) is 88.7 Å². The Hall–Kier alpha value is -2.41. The van der Waals surface area contributed by atoms with Crippen LogP contribution in [0.15, 0.2) is 28.8 Å². The highest BCUT2D eigenvalue weighted by molar-refractivity contribution is 5.73. The molecule has 1 aromatic carbocycles. The predicted molar refractivity (Wildman–Crippen MR) is 82.0 cm³/mol. The van der Waals surface area contributed by atoms with Crippen LogP contribution in [0.4, 0.5) is 0 Å². The first-order chi connectivity index (χ1) is 11.2. The number of nitrogens with zero attached hydrogens (tertiary/aromatic N) is 3. The maximum atomic E-state index is 11.3. The number of rotatable bonds is 5. The van der Waals surface area contributed by atoms with Gasteiger partial charge in [-0.1, -0.05) is 11.6 Å². The normalized spacial score (nSPS) is 18.7. The minimum Gasteiger partial charge on any atom is -0.497 e. The molecule has 0 radical (unpaired) electrons. The van der Waals surface area contributed by atoms with Gasteiger partial charge in [-0.25, -0.2) is 0 Å². The summed E-state index contributed by atoms with van der Waals surface area (Å²) in [4.78, 5) is 17.6. The van der Waals surface area contributed by atoms with E-state index in [2.05, 4.69) is 10.1 Å². The molecule has 0 saturated carbocycles. The van der Waals surface area contributed by atoms with Crippen LogP contribution >= 0.6 is 0 Å². The summed E-state index contributed by atoms with van der Waals surface area (Å²) in [6.07, 6.45) is 2.59. The summed E-state index contributed by atoms with van der Waals surface area (Å²) < 4.78 is 10.4. The summed E-state index contributed by atoms with van der Waals surface area (Å²) in [5, 5.41) is 13.3. The van der Waals surface area contributed by atoms with Crippen molar-refractivity contribution in [1.29, 1.82) is 0 Å². The molecule has 1 fully saturated rings. The van der Waals surface area contributed by atoms with Crippen LogP contribution in [-0.2, 0) is 11.3 Å². The van der Waals surface area contributed by atoms with Gasteiger partial charge in [-0.15, -0.1) is 0 Å². The summed E-state index contributed by atoms with van der Waals surface area (Å²) in [6.45, 7) is 1.09. The van der Waals surface area contributed by atoms with Gasteiger partial charge in [-0.05, 0) is 43.7 Å². The van der Waals surface area contributed by atoms with Crippen LogP contribution in [0.2, 0.25) is 0 Å². The predicted octanol–water partition coefficient (Wildman–Crippen LogP) is 2.18. The Labute approximate surface area is 133 Å². The van der Waals surface area contributed by atoms with Gasteiger partial charge in [-0.3, -0.25) is 9.69 Å². The molecule has 2 aromatic rings. The molecular weight excluding hydrogens is 298 g/mol. The van der Waals surface area contributed by atoms with Crippen molar-refractivity contribution in [2.75, 3.05) is 13.7 Å². The van der Waals surface area contributed by atoms with Gasteiger partial charge < -0.3 is 14.4 Å². The first kappa shape index (κ1) is 15.5. The molecular formula is C16H19N3O4. The Balaban J connectivity index is 1.72. The van der Waals surface area contributed by atoms with E-state index in [4.69, 9.17) is 9.26 Å². The lowest BCUT2D eigenvalue weighted by Crippen LogP contribution is -2.44. The summed E-state index contributed by atoms with van der Waals surface area (Å²) in [7, 11) is 1.61. The Kier molecular flexibility index (Phi) is 4.57. The third-order valence-corrected chi connectivity index (χ3v) is 4.05. The standard InChI is InChI=1S/C16H19N3O4/c1-22-12-7-5-11(6-8-12)15-17-14(23-18-15)10-19-9-3-2-4-13(19)16(20)21/h5-8,13H,2-4,9-10H2,1H3,(H,20,21). The maximum absolute atomic E-state index is 11.3. The van der Waals surface area contributed by atoms with E-state index in [0.29, 0.717) is 24.7 Å². The fourth-order valence-corrected chi connectivity index (χ4v) is 2.81. The largest absolute Gasteiger partial charge is 0.497 e. The van der Waals surface area contributed by atoms with E-state index in [0.717, 1.165) is 30.7 Å². The molecule has 7 nitrogen and oxygen atoms in total. The van der Waals surface area contributed by atoms with Crippen LogP contribution in [0, 0.1) is 0 Å². The third kappa shape index (κ3) is 3.50. The molecule has 7 heteroatoms. The lowest BCUT2D eigenvalue weighted by Gasteiger charge is -2.31. The number of benzene rings is 1. The van der Waals surface area contributed by atoms with Crippen LogP contribution in [0.5, 0.6) is 5.75 Å². The number of carboxylic acid groups (broad SMARTS) is 1. The first-order valence-electron chi connectivity index (χ1n) is 7.61. The zero-order valence-corrected chi connectivity index (χ0v) is 12.9. The lowest BCUT2D eigenvalue weighted by atomic mass is 10.0. The van der Waals surface area contributed by atoms with E-state index in [1.54, 1.807) is 7.11 Å². The van der Waals surface area contributed by atoms with Gasteiger partial charge in [-0.2, -0.15) is 4.98 Å². The molecule has 0 amide bonds. The minimum absolute atomic E-state index is 0.361. The molecule has 1 unspecified atom stereocenters. The van der Waals surface area contributed by atoms with E-state index < -0.39 is 12.0 Å². The van der Waals surface area contributed by atoms with E-state index >= 15 is 0 Å². The Morgan fingerprint density at radius 1 is 1.39 bits per heavy atom. The average molecular weight is 317 g/mol. The summed E-state index contributed by atoms with van der Waals surface area (Å²) >= 11 is 0. The molecule has 1 aromatic heterocycles. The molecule has 1 aliphatic rings. The van der Waals surface area contributed by atoms with Crippen LogP contribution in [0.25, 0.3) is 11.4 Å². The highest BCUT2D eigenvalue weighted by Gasteiger charge is 2.29. The maximum Gasteiger partial charge on any atom is 0.320 e. The number of hydrogen-bond donors (Lipinski definition) is 1. The molecule has 0 spiro atoms. The lowest BCUT2D eigenvalue weighted by molar-refractivity contribution is -0.145. The first-order valence-corrected chi connectivity index (χ1v) is 7.61. The van der Waals surface area contributed by atoms with Crippen LogP contribution in [0.1, 0.15) is 25.2 Å². The van der Waals surface area contributed by atoms with Crippen LogP contribution < -0.4 is 4.74 Å². The molecule has 1 saturated heterocycles. The second-order valence-electron chi connectivity index (χ2n) is 5.56. The molecule has 1 aliphatic heterocycles. The van der Waals surface area contributed by atoms with Crippen molar-refractivity contribution in [1.82, 2.24) is 15.0 Å².